The monoisotopic (exact) mass is 360 g/mol. The number of halogens is 1. The Morgan fingerprint density at radius 2 is 2.13 bits per heavy atom. The van der Waals surface area contributed by atoms with Gasteiger partial charge >= 0.3 is 0 Å². The number of aromatic nitrogens is 1. The minimum Gasteiger partial charge on any atom is -0.396 e. The highest BCUT2D eigenvalue weighted by Gasteiger charge is 2.27. The maximum atomic E-state index is 9.38. The summed E-state index contributed by atoms with van der Waals surface area (Å²) >= 11 is 7.96. The molecular weight excluding hydrogens is 332 g/mol. The summed E-state index contributed by atoms with van der Waals surface area (Å²) in [5.74, 6) is 0.654. The highest BCUT2D eigenvalue weighted by molar-refractivity contribution is 7.16. The molecule has 5 nitrogen and oxygen atoms in total. The zero-order valence-electron chi connectivity index (χ0n) is 14.6. The van der Waals surface area contributed by atoms with E-state index in [4.69, 9.17) is 11.6 Å². The van der Waals surface area contributed by atoms with E-state index >= 15 is 0 Å². The standard InChI is InChI=1S/C16H29ClN4OS/c1-12(2)9-21-7-6-20(10-13(21)5-8-22)11-14-15(17)18-16(23-14)19(3)4/h12-13,22H,5-11H2,1-4H3/t13-/m0/s1. The van der Waals surface area contributed by atoms with Gasteiger partial charge in [0.15, 0.2) is 5.13 Å². The molecule has 1 aliphatic rings. The van der Waals surface area contributed by atoms with Crippen LogP contribution in [0.4, 0.5) is 5.13 Å². The summed E-state index contributed by atoms with van der Waals surface area (Å²) in [6, 6.07) is 0.427. The second-order valence-electron chi connectivity index (χ2n) is 6.89. The van der Waals surface area contributed by atoms with Crippen LogP contribution < -0.4 is 4.90 Å². The van der Waals surface area contributed by atoms with Crippen molar-refractivity contribution < 1.29 is 5.11 Å². The summed E-state index contributed by atoms with van der Waals surface area (Å²) in [7, 11) is 3.97. The van der Waals surface area contributed by atoms with Crippen molar-refractivity contribution in [3.63, 3.8) is 0 Å². The van der Waals surface area contributed by atoms with Crippen LogP contribution in [0.2, 0.25) is 5.15 Å². The van der Waals surface area contributed by atoms with E-state index in [1.165, 1.54) is 0 Å². The number of anilines is 1. The summed E-state index contributed by atoms with van der Waals surface area (Å²) in [6.07, 6.45) is 0.836. The molecule has 1 aliphatic heterocycles. The van der Waals surface area contributed by atoms with Gasteiger partial charge in [-0.15, -0.1) is 0 Å². The van der Waals surface area contributed by atoms with Gasteiger partial charge in [0, 0.05) is 59.5 Å². The number of hydrogen-bond donors (Lipinski definition) is 1. The van der Waals surface area contributed by atoms with E-state index < -0.39 is 0 Å². The molecule has 0 spiro atoms. The molecular formula is C16H29ClN4OS. The topological polar surface area (TPSA) is 42.8 Å². The highest BCUT2D eigenvalue weighted by atomic mass is 35.5. The molecule has 132 valence electrons. The van der Waals surface area contributed by atoms with E-state index in [0.717, 1.165) is 49.2 Å². The first-order valence-electron chi connectivity index (χ1n) is 8.30. The molecule has 1 N–H and O–H groups in total. The molecule has 1 fully saturated rings. The summed E-state index contributed by atoms with van der Waals surface area (Å²) in [5, 5.41) is 11.0. The molecule has 0 amide bonds. The number of aliphatic hydroxyl groups excluding tert-OH is 1. The molecule has 1 aromatic heterocycles. The minimum absolute atomic E-state index is 0.249. The van der Waals surface area contributed by atoms with Gasteiger partial charge < -0.3 is 10.0 Å². The van der Waals surface area contributed by atoms with Crippen molar-refractivity contribution >= 4 is 28.1 Å². The minimum atomic E-state index is 0.249. The van der Waals surface area contributed by atoms with Crippen molar-refractivity contribution in [3.05, 3.63) is 10.0 Å². The Balaban J connectivity index is 1.99. The Kier molecular flexibility index (Phi) is 7.10. The Bertz CT molecular complexity index is 494. The third kappa shape index (κ3) is 5.29. The Morgan fingerprint density at radius 1 is 1.39 bits per heavy atom. The Labute approximate surface area is 148 Å². The highest BCUT2D eigenvalue weighted by Crippen LogP contribution is 2.30. The summed E-state index contributed by atoms with van der Waals surface area (Å²) in [6.45, 7) is 9.79. The van der Waals surface area contributed by atoms with Crippen LogP contribution in [0.3, 0.4) is 0 Å². The zero-order chi connectivity index (χ0) is 17.0. The van der Waals surface area contributed by atoms with Crippen LogP contribution in [0.15, 0.2) is 0 Å². The van der Waals surface area contributed by atoms with Crippen molar-refractivity contribution in [2.24, 2.45) is 5.92 Å². The molecule has 23 heavy (non-hydrogen) atoms. The van der Waals surface area contributed by atoms with Crippen molar-refractivity contribution in [3.8, 4) is 0 Å². The number of piperazine rings is 1. The van der Waals surface area contributed by atoms with Gasteiger partial charge in [-0.05, 0) is 12.3 Å². The molecule has 0 radical (unpaired) electrons. The van der Waals surface area contributed by atoms with Crippen molar-refractivity contribution in [1.29, 1.82) is 0 Å². The van der Waals surface area contributed by atoms with Gasteiger partial charge in [-0.2, -0.15) is 0 Å². The summed E-state index contributed by atoms with van der Waals surface area (Å²) in [4.78, 5) is 12.5. The fraction of sp³-hybridized carbons (Fsp3) is 0.812. The lowest BCUT2D eigenvalue weighted by Crippen LogP contribution is -2.53. The molecule has 7 heteroatoms. The van der Waals surface area contributed by atoms with E-state index in [0.29, 0.717) is 17.1 Å². The average molecular weight is 361 g/mol. The van der Waals surface area contributed by atoms with Gasteiger partial charge in [0.05, 0.1) is 4.88 Å². The number of hydrogen-bond acceptors (Lipinski definition) is 6. The Morgan fingerprint density at radius 3 is 2.70 bits per heavy atom. The first-order chi connectivity index (χ1) is 10.9. The van der Waals surface area contributed by atoms with Crippen molar-refractivity contribution in [2.45, 2.75) is 32.9 Å². The van der Waals surface area contributed by atoms with E-state index in [-0.39, 0.29) is 6.61 Å². The SMILES string of the molecule is CC(C)CN1CCN(Cc2sc(N(C)C)nc2Cl)C[C@@H]1CCO. The zero-order valence-corrected chi connectivity index (χ0v) is 16.2. The lowest BCUT2D eigenvalue weighted by atomic mass is 10.1. The van der Waals surface area contributed by atoms with E-state index in [1.807, 2.05) is 19.0 Å². The fourth-order valence-corrected chi connectivity index (χ4v) is 4.27. The lowest BCUT2D eigenvalue weighted by Gasteiger charge is -2.42. The third-order valence-corrected chi connectivity index (χ3v) is 5.77. The van der Waals surface area contributed by atoms with Crippen LogP contribution in [-0.4, -0.2) is 72.8 Å². The number of nitrogens with zero attached hydrogens (tertiary/aromatic N) is 4. The smallest absolute Gasteiger partial charge is 0.186 e. The number of aliphatic hydroxyl groups is 1. The van der Waals surface area contributed by atoms with Crippen molar-refractivity contribution in [2.75, 3.05) is 51.8 Å². The molecule has 0 saturated carbocycles. The van der Waals surface area contributed by atoms with Crippen LogP contribution >= 0.6 is 22.9 Å². The molecule has 2 rings (SSSR count). The van der Waals surface area contributed by atoms with Crippen LogP contribution in [0.5, 0.6) is 0 Å². The summed E-state index contributed by atoms with van der Waals surface area (Å²) in [5.41, 5.74) is 0. The van der Waals surface area contributed by atoms with Crippen LogP contribution in [0.25, 0.3) is 0 Å². The van der Waals surface area contributed by atoms with Gasteiger partial charge in [-0.25, -0.2) is 4.98 Å². The number of rotatable bonds is 7. The fourth-order valence-electron chi connectivity index (χ4n) is 3.05. The van der Waals surface area contributed by atoms with Gasteiger partial charge in [0.2, 0.25) is 0 Å². The Hall–Kier alpha value is -0.400. The van der Waals surface area contributed by atoms with Gasteiger partial charge in [0.25, 0.3) is 0 Å². The molecule has 0 aliphatic carbocycles. The third-order valence-electron chi connectivity index (χ3n) is 4.14. The molecule has 2 heterocycles. The second-order valence-corrected chi connectivity index (χ2v) is 8.31. The van der Waals surface area contributed by atoms with Crippen LogP contribution in [-0.2, 0) is 6.54 Å². The quantitative estimate of drug-likeness (QED) is 0.808. The average Bonchev–Trinajstić information content (AvgIpc) is 2.83. The van der Waals surface area contributed by atoms with Gasteiger partial charge in [0.1, 0.15) is 5.15 Å². The van der Waals surface area contributed by atoms with E-state index in [2.05, 4.69) is 28.6 Å². The van der Waals surface area contributed by atoms with E-state index in [1.54, 1.807) is 11.3 Å². The predicted octanol–water partition coefficient (Wildman–Crippen LogP) is 2.39. The van der Waals surface area contributed by atoms with Crippen LogP contribution in [0.1, 0.15) is 25.1 Å². The largest absolute Gasteiger partial charge is 0.396 e. The predicted molar refractivity (Wildman–Crippen MR) is 98.6 cm³/mol. The molecule has 1 aromatic rings. The van der Waals surface area contributed by atoms with Gasteiger partial charge in [-0.1, -0.05) is 36.8 Å². The normalized spacial score (nSPS) is 20.4. The molecule has 1 saturated heterocycles. The lowest BCUT2D eigenvalue weighted by molar-refractivity contribution is 0.0481. The number of thiazole rings is 1. The molecule has 0 unspecified atom stereocenters. The summed E-state index contributed by atoms with van der Waals surface area (Å²) < 4.78 is 0. The molecule has 1 atom stereocenters. The van der Waals surface area contributed by atoms with Crippen LogP contribution in [0, 0.1) is 5.92 Å². The second kappa shape index (κ2) is 8.62. The first kappa shape index (κ1) is 18.9. The van der Waals surface area contributed by atoms with E-state index in [9.17, 15) is 5.11 Å². The van der Waals surface area contributed by atoms with Crippen molar-refractivity contribution in [1.82, 2.24) is 14.8 Å². The maximum absolute atomic E-state index is 9.38. The molecule has 0 aromatic carbocycles. The first-order valence-corrected chi connectivity index (χ1v) is 9.50. The molecule has 0 bridgehead atoms. The maximum Gasteiger partial charge on any atom is 0.186 e. The van der Waals surface area contributed by atoms with Gasteiger partial charge in [-0.3, -0.25) is 9.80 Å².